The van der Waals surface area contributed by atoms with Gasteiger partial charge in [-0.25, -0.2) is 4.52 Å². The van der Waals surface area contributed by atoms with Gasteiger partial charge in [0.1, 0.15) is 0 Å². The highest BCUT2D eigenvalue weighted by atomic mass is 16.3. The number of fused-ring (bicyclic) bond motifs is 1. The summed E-state index contributed by atoms with van der Waals surface area (Å²) < 4.78 is 1.70. The predicted molar refractivity (Wildman–Crippen MR) is 66.3 cm³/mol. The van der Waals surface area contributed by atoms with Crippen LogP contribution in [0.3, 0.4) is 0 Å². The molecule has 1 aliphatic heterocycles. The highest BCUT2D eigenvalue weighted by Crippen LogP contribution is 2.17. The number of aromatic nitrogens is 2. The van der Waals surface area contributed by atoms with E-state index in [4.69, 9.17) is 0 Å². The van der Waals surface area contributed by atoms with Gasteiger partial charge in [-0.3, -0.25) is 4.79 Å². The number of hydrogen-bond donors (Lipinski definition) is 1. The Labute approximate surface area is 105 Å². The zero-order valence-corrected chi connectivity index (χ0v) is 9.99. The van der Waals surface area contributed by atoms with Gasteiger partial charge in [-0.05, 0) is 25.0 Å². The molecule has 0 aliphatic carbocycles. The highest BCUT2D eigenvalue weighted by Gasteiger charge is 2.24. The van der Waals surface area contributed by atoms with Crippen LogP contribution in [0, 0.1) is 0 Å². The SMILES string of the molecule is O=C(c1cnn2ccccc12)N1CCC(O)CC1. The molecule has 1 N–H and O–H groups in total. The van der Waals surface area contributed by atoms with Crippen LogP contribution in [-0.2, 0) is 0 Å². The highest BCUT2D eigenvalue weighted by molar-refractivity contribution is 6.00. The Morgan fingerprint density at radius 2 is 2.11 bits per heavy atom. The van der Waals surface area contributed by atoms with Gasteiger partial charge in [0.2, 0.25) is 0 Å². The largest absolute Gasteiger partial charge is 0.393 e. The van der Waals surface area contributed by atoms with Gasteiger partial charge in [0.05, 0.1) is 23.4 Å². The fraction of sp³-hybridized carbons (Fsp3) is 0.385. The van der Waals surface area contributed by atoms with E-state index in [1.54, 1.807) is 15.6 Å². The molecule has 18 heavy (non-hydrogen) atoms. The lowest BCUT2D eigenvalue weighted by atomic mass is 10.1. The van der Waals surface area contributed by atoms with Crippen molar-refractivity contribution in [3.63, 3.8) is 0 Å². The quantitative estimate of drug-likeness (QED) is 0.813. The molecule has 94 valence electrons. The molecule has 0 radical (unpaired) electrons. The van der Waals surface area contributed by atoms with Gasteiger partial charge in [0.25, 0.3) is 5.91 Å². The number of rotatable bonds is 1. The summed E-state index contributed by atoms with van der Waals surface area (Å²) in [5.41, 5.74) is 1.46. The van der Waals surface area contributed by atoms with Crippen LogP contribution in [0.1, 0.15) is 23.2 Å². The van der Waals surface area contributed by atoms with Crippen LogP contribution in [0.2, 0.25) is 0 Å². The second-order valence-corrected chi connectivity index (χ2v) is 4.61. The van der Waals surface area contributed by atoms with Crippen LogP contribution >= 0.6 is 0 Å². The summed E-state index contributed by atoms with van der Waals surface area (Å²) in [7, 11) is 0. The number of nitrogens with zero attached hydrogens (tertiary/aromatic N) is 3. The first-order valence-electron chi connectivity index (χ1n) is 6.15. The van der Waals surface area contributed by atoms with Gasteiger partial charge >= 0.3 is 0 Å². The van der Waals surface area contributed by atoms with Gasteiger partial charge in [-0.15, -0.1) is 0 Å². The second kappa shape index (κ2) is 4.42. The summed E-state index contributed by atoms with van der Waals surface area (Å²) in [6.07, 6.45) is 4.49. The first-order chi connectivity index (χ1) is 8.75. The fourth-order valence-corrected chi connectivity index (χ4v) is 2.34. The molecule has 3 rings (SSSR count). The van der Waals surface area contributed by atoms with Crippen LogP contribution in [-0.4, -0.2) is 44.7 Å². The van der Waals surface area contributed by atoms with Crippen LogP contribution in [0.5, 0.6) is 0 Å². The molecular weight excluding hydrogens is 230 g/mol. The summed E-state index contributed by atoms with van der Waals surface area (Å²) >= 11 is 0. The normalized spacial score (nSPS) is 17.3. The van der Waals surface area contributed by atoms with Crippen LogP contribution in [0.25, 0.3) is 5.52 Å². The number of likely N-dealkylation sites (tertiary alicyclic amines) is 1. The zero-order valence-electron chi connectivity index (χ0n) is 9.99. The van der Waals surface area contributed by atoms with Crippen molar-refractivity contribution in [2.75, 3.05) is 13.1 Å². The molecule has 2 aromatic heterocycles. The Hall–Kier alpha value is -1.88. The molecule has 0 spiro atoms. The minimum absolute atomic E-state index is 0.00287. The van der Waals surface area contributed by atoms with E-state index in [1.165, 1.54) is 0 Å². The minimum Gasteiger partial charge on any atom is -0.393 e. The number of pyridine rings is 1. The second-order valence-electron chi connectivity index (χ2n) is 4.61. The van der Waals surface area contributed by atoms with E-state index >= 15 is 0 Å². The Balaban J connectivity index is 1.88. The smallest absolute Gasteiger partial charge is 0.257 e. The molecule has 1 aliphatic rings. The van der Waals surface area contributed by atoms with E-state index < -0.39 is 0 Å². The number of aliphatic hydroxyl groups excluding tert-OH is 1. The average molecular weight is 245 g/mol. The number of carbonyl (C=O) groups is 1. The standard InChI is InChI=1S/C13H15N3O2/c17-10-4-7-15(8-5-10)13(18)11-9-14-16-6-2-1-3-12(11)16/h1-3,6,9-10,17H,4-5,7-8H2. The summed E-state index contributed by atoms with van der Waals surface area (Å²) in [6, 6.07) is 5.66. The minimum atomic E-state index is -0.266. The van der Waals surface area contributed by atoms with Crippen molar-refractivity contribution in [1.29, 1.82) is 0 Å². The zero-order chi connectivity index (χ0) is 12.5. The summed E-state index contributed by atoms with van der Waals surface area (Å²) in [6.45, 7) is 1.23. The topological polar surface area (TPSA) is 57.8 Å². The fourth-order valence-electron chi connectivity index (χ4n) is 2.34. The van der Waals surface area contributed by atoms with Gasteiger partial charge < -0.3 is 10.0 Å². The Morgan fingerprint density at radius 3 is 2.89 bits per heavy atom. The maximum Gasteiger partial charge on any atom is 0.257 e. The summed E-state index contributed by atoms with van der Waals surface area (Å²) in [5.74, 6) is 0.00287. The molecule has 0 unspecified atom stereocenters. The third kappa shape index (κ3) is 1.86. The summed E-state index contributed by atoms with van der Waals surface area (Å²) in [5, 5.41) is 13.6. The van der Waals surface area contributed by atoms with Crippen molar-refractivity contribution in [1.82, 2.24) is 14.5 Å². The van der Waals surface area contributed by atoms with Gasteiger partial charge in [0, 0.05) is 19.3 Å². The van der Waals surface area contributed by atoms with Gasteiger partial charge in [0.15, 0.2) is 0 Å². The molecule has 0 bridgehead atoms. The van der Waals surface area contributed by atoms with Crippen molar-refractivity contribution in [3.05, 3.63) is 36.2 Å². The maximum atomic E-state index is 12.4. The average Bonchev–Trinajstić information content (AvgIpc) is 2.82. The Morgan fingerprint density at radius 1 is 1.33 bits per heavy atom. The molecule has 1 fully saturated rings. The molecule has 1 saturated heterocycles. The first kappa shape index (κ1) is 11.2. The van der Waals surface area contributed by atoms with E-state index in [-0.39, 0.29) is 12.0 Å². The molecule has 5 nitrogen and oxygen atoms in total. The molecule has 0 atom stereocenters. The van der Waals surface area contributed by atoms with Crippen molar-refractivity contribution >= 4 is 11.4 Å². The van der Waals surface area contributed by atoms with Gasteiger partial charge in [-0.2, -0.15) is 5.10 Å². The predicted octanol–water partition coefficient (Wildman–Crippen LogP) is 0.931. The molecule has 3 heterocycles. The lowest BCUT2D eigenvalue weighted by Crippen LogP contribution is -2.40. The van der Waals surface area contributed by atoms with Crippen molar-refractivity contribution in [2.45, 2.75) is 18.9 Å². The van der Waals surface area contributed by atoms with E-state index in [0.717, 1.165) is 5.52 Å². The Bertz CT molecular complexity index is 570. The molecule has 1 amide bonds. The Kier molecular flexibility index (Phi) is 2.76. The lowest BCUT2D eigenvalue weighted by Gasteiger charge is -2.29. The van der Waals surface area contributed by atoms with Crippen molar-refractivity contribution in [3.8, 4) is 0 Å². The number of hydrogen-bond acceptors (Lipinski definition) is 3. The number of carbonyl (C=O) groups excluding carboxylic acids is 1. The molecular formula is C13H15N3O2. The molecule has 2 aromatic rings. The third-order valence-corrected chi connectivity index (χ3v) is 3.41. The summed E-state index contributed by atoms with van der Waals surface area (Å²) in [4.78, 5) is 14.2. The molecule has 5 heteroatoms. The van der Waals surface area contributed by atoms with Crippen LogP contribution in [0.4, 0.5) is 0 Å². The van der Waals surface area contributed by atoms with Crippen molar-refractivity contribution < 1.29 is 9.90 Å². The van der Waals surface area contributed by atoms with Crippen molar-refractivity contribution in [2.24, 2.45) is 0 Å². The number of aliphatic hydroxyl groups is 1. The monoisotopic (exact) mass is 245 g/mol. The van der Waals surface area contributed by atoms with E-state index in [0.29, 0.717) is 31.5 Å². The van der Waals surface area contributed by atoms with Gasteiger partial charge in [-0.1, -0.05) is 6.07 Å². The van der Waals surface area contributed by atoms with Crippen LogP contribution in [0.15, 0.2) is 30.6 Å². The number of amides is 1. The van der Waals surface area contributed by atoms with Crippen LogP contribution < -0.4 is 0 Å². The van der Waals surface area contributed by atoms with E-state index in [2.05, 4.69) is 5.10 Å². The lowest BCUT2D eigenvalue weighted by molar-refractivity contribution is 0.0548. The maximum absolute atomic E-state index is 12.4. The third-order valence-electron chi connectivity index (χ3n) is 3.41. The van der Waals surface area contributed by atoms with E-state index in [9.17, 15) is 9.90 Å². The molecule has 0 saturated carbocycles. The first-order valence-corrected chi connectivity index (χ1v) is 6.15. The van der Waals surface area contributed by atoms with E-state index in [1.807, 2.05) is 24.4 Å². The molecule has 0 aromatic carbocycles. The number of piperidine rings is 1.